The highest BCUT2D eigenvalue weighted by atomic mass is 16.1. The number of hydrogen-bond donors (Lipinski definition) is 3. The van der Waals surface area contributed by atoms with E-state index in [9.17, 15) is 4.79 Å². The lowest BCUT2D eigenvalue weighted by atomic mass is 9.84. The Morgan fingerprint density at radius 2 is 2.00 bits per heavy atom. The molecular formula is C11H23N3O. The van der Waals surface area contributed by atoms with Crippen molar-refractivity contribution in [1.82, 2.24) is 5.32 Å². The number of amides is 1. The molecule has 4 heteroatoms. The lowest BCUT2D eigenvalue weighted by Gasteiger charge is -2.28. The summed E-state index contributed by atoms with van der Waals surface area (Å²) >= 11 is 0. The van der Waals surface area contributed by atoms with E-state index in [0.717, 1.165) is 5.92 Å². The molecule has 0 radical (unpaired) electrons. The fraction of sp³-hybridized carbons (Fsp3) is 0.909. The van der Waals surface area contributed by atoms with Crippen LogP contribution in [-0.4, -0.2) is 24.5 Å². The fourth-order valence-electron chi connectivity index (χ4n) is 2.21. The van der Waals surface area contributed by atoms with E-state index in [1.807, 2.05) is 0 Å². The van der Waals surface area contributed by atoms with Gasteiger partial charge in [0.1, 0.15) is 0 Å². The highest BCUT2D eigenvalue weighted by Crippen LogP contribution is 2.26. The Morgan fingerprint density at radius 1 is 1.40 bits per heavy atom. The van der Waals surface area contributed by atoms with Crippen molar-refractivity contribution in [2.75, 3.05) is 6.54 Å². The summed E-state index contributed by atoms with van der Waals surface area (Å²) in [4.78, 5) is 10.7. The number of nitrogens with two attached hydrogens (primary N) is 2. The van der Waals surface area contributed by atoms with Gasteiger partial charge in [0.2, 0.25) is 5.91 Å². The van der Waals surface area contributed by atoms with Crippen molar-refractivity contribution in [3.05, 3.63) is 0 Å². The van der Waals surface area contributed by atoms with Gasteiger partial charge >= 0.3 is 0 Å². The van der Waals surface area contributed by atoms with Crippen LogP contribution in [-0.2, 0) is 4.79 Å². The molecule has 1 amide bonds. The van der Waals surface area contributed by atoms with E-state index in [0.29, 0.717) is 12.6 Å². The molecule has 1 saturated carbocycles. The molecule has 5 N–H and O–H groups in total. The standard InChI is InChI=1S/C11H23N3O/c1-8(9-5-3-2-4-6-9)14-7-10(12)11(13)15/h8-10,14H,2-7,12H2,1H3,(H2,13,15). The molecule has 1 rings (SSSR count). The van der Waals surface area contributed by atoms with Crippen molar-refractivity contribution < 1.29 is 4.79 Å². The minimum atomic E-state index is -0.559. The first-order chi connectivity index (χ1) is 7.11. The molecule has 2 atom stereocenters. The molecular weight excluding hydrogens is 190 g/mol. The van der Waals surface area contributed by atoms with Crippen LogP contribution in [0.1, 0.15) is 39.0 Å². The van der Waals surface area contributed by atoms with Gasteiger partial charge in [-0.05, 0) is 25.7 Å². The molecule has 1 aliphatic rings. The fourth-order valence-corrected chi connectivity index (χ4v) is 2.21. The normalized spacial score (nSPS) is 22.3. The van der Waals surface area contributed by atoms with E-state index < -0.39 is 11.9 Å². The van der Waals surface area contributed by atoms with Gasteiger partial charge < -0.3 is 16.8 Å². The summed E-state index contributed by atoms with van der Waals surface area (Å²) in [5.41, 5.74) is 10.7. The molecule has 0 aromatic heterocycles. The molecule has 4 nitrogen and oxygen atoms in total. The van der Waals surface area contributed by atoms with Gasteiger partial charge in [0, 0.05) is 12.6 Å². The molecule has 0 heterocycles. The maximum atomic E-state index is 10.7. The topological polar surface area (TPSA) is 81.1 Å². The van der Waals surface area contributed by atoms with E-state index >= 15 is 0 Å². The molecule has 0 bridgehead atoms. The predicted molar refractivity (Wildman–Crippen MR) is 61.2 cm³/mol. The predicted octanol–water partition coefficient (Wildman–Crippen LogP) is 0.357. The smallest absolute Gasteiger partial charge is 0.235 e. The first-order valence-corrected chi connectivity index (χ1v) is 5.89. The third kappa shape index (κ3) is 4.18. The average molecular weight is 213 g/mol. The van der Waals surface area contributed by atoms with Gasteiger partial charge in [-0.1, -0.05) is 19.3 Å². The second kappa shape index (κ2) is 6.08. The molecule has 2 unspecified atom stereocenters. The highest BCUT2D eigenvalue weighted by molar-refractivity contribution is 5.79. The zero-order valence-electron chi connectivity index (χ0n) is 9.54. The van der Waals surface area contributed by atoms with Crippen LogP contribution in [0.15, 0.2) is 0 Å². The molecule has 0 spiro atoms. The van der Waals surface area contributed by atoms with Crippen molar-refractivity contribution in [3.63, 3.8) is 0 Å². The van der Waals surface area contributed by atoms with Crippen molar-refractivity contribution in [1.29, 1.82) is 0 Å². The van der Waals surface area contributed by atoms with Crippen molar-refractivity contribution >= 4 is 5.91 Å². The van der Waals surface area contributed by atoms with Crippen LogP contribution in [0, 0.1) is 5.92 Å². The summed E-state index contributed by atoms with van der Waals surface area (Å²) in [5.74, 6) is 0.303. The second-order valence-electron chi connectivity index (χ2n) is 4.60. The van der Waals surface area contributed by atoms with E-state index in [4.69, 9.17) is 11.5 Å². The van der Waals surface area contributed by atoms with E-state index in [-0.39, 0.29) is 0 Å². The molecule has 0 aromatic carbocycles. The number of hydrogen-bond acceptors (Lipinski definition) is 3. The van der Waals surface area contributed by atoms with Crippen LogP contribution in [0.25, 0.3) is 0 Å². The van der Waals surface area contributed by atoms with Gasteiger partial charge in [-0.2, -0.15) is 0 Å². The van der Waals surface area contributed by atoms with Gasteiger partial charge in [0.25, 0.3) is 0 Å². The minimum Gasteiger partial charge on any atom is -0.368 e. The van der Waals surface area contributed by atoms with Gasteiger partial charge in [0.15, 0.2) is 0 Å². The van der Waals surface area contributed by atoms with Crippen LogP contribution >= 0.6 is 0 Å². The number of carbonyl (C=O) groups excluding carboxylic acids is 1. The summed E-state index contributed by atoms with van der Waals surface area (Å²) in [6.45, 7) is 2.66. The van der Waals surface area contributed by atoms with E-state index in [1.165, 1.54) is 32.1 Å². The first-order valence-electron chi connectivity index (χ1n) is 5.89. The van der Waals surface area contributed by atoms with Crippen LogP contribution < -0.4 is 16.8 Å². The summed E-state index contributed by atoms with van der Waals surface area (Å²) in [5, 5.41) is 3.31. The molecule has 0 aliphatic heterocycles. The van der Waals surface area contributed by atoms with Crippen LogP contribution in [0.3, 0.4) is 0 Å². The molecule has 1 aliphatic carbocycles. The van der Waals surface area contributed by atoms with Gasteiger partial charge in [-0.15, -0.1) is 0 Å². The van der Waals surface area contributed by atoms with E-state index in [2.05, 4.69) is 12.2 Å². The molecule has 0 aromatic rings. The minimum absolute atomic E-state index is 0.432. The molecule has 1 fully saturated rings. The van der Waals surface area contributed by atoms with E-state index in [1.54, 1.807) is 0 Å². The maximum Gasteiger partial charge on any atom is 0.235 e. The Labute approximate surface area is 91.8 Å². The maximum absolute atomic E-state index is 10.7. The number of rotatable bonds is 5. The second-order valence-corrected chi connectivity index (χ2v) is 4.60. The summed E-state index contributed by atoms with van der Waals surface area (Å²) in [6.07, 6.45) is 6.61. The van der Waals surface area contributed by atoms with Crippen molar-refractivity contribution in [2.24, 2.45) is 17.4 Å². The van der Waals surface area contributed by atoms with Crippen LogP contribution in [0.4, 0.5) is 0 Å². The summed E-state index contributed by atoms with van der Waals surface area (Å²) in [7, 11) is 0. The summed E-state index contributed by atoms with van der Waals surface area (Å²) in [6, 6.07) is -0.119. The Morgan fingerprint density at radius 3 is 2.53 bits per heavy atom. The lowest BCUT2D eigenvalue weighted by molar-refractivity contribution is -0.119. The Hall–Kier alpha value is -0.610. The molecule has 15 heavy (non-hydrogen) atoms. The quantitative estimate of drug-likeness (QED) is 0.616. The monoisotopic (exact) mass is 213 g/mol. The van der Waals surface area contributed by atoms with Crippen molar-refractivity contribution in [3.8, 4) is 0 Å². The highest BCUT2D eigenvalue weighted by Gasteiger charge is 2.20. The average Bonchev–Trinajstić information content (AvgIpc) is 2.26. The van der Waals surface area contributed by atoms with Crippen LogP contribution in [0.2, 0.25) is 0 Å². The SMILES string of the molecule is CC(NCC(N)C(N)=O)C1CCCCC1. The molecule has 88 valence electrons. The zero-order chi connectivity index (χ0) is 11.3. The zero-order valence-corrected chi connectivity index (χ0v) is 9.54. The molecule has 0 saturated heterocycles. The number of primary amides is 1. The summed E-state index contributed by atoms with van der Waals surface area (Å²) < 4.78 is 0. The third-order valence-corrected chi connectivity index (χ3v) is 3.38. The van der Waals surface area contributed by atoms with Gasteiger partial charge in [-0.25, -0.2) is 0 Å². The van der Waals surface area contributed by atoms with Crippen molar-refractivity contribution in [2.45, 2.75) is 51.1 Å². The Kier molecular flexibility index (Phi) is 5.05. The van der Waals surface area contributed by atoms with Gasteiger partial charge in [0.05, 0.1) is 6.04 Å². The van der Waals surface area contributed by atoms with Gasteiger partial charge in [-0.3, -0.25) is 4.79 Å². The van der Waals surface area contributed by atoms with Crippen LogP contribution in [0.5, 0.6) is 0 Å². The largest absolute Gasteiger partial charge is 0.368 e. The Bertz CT molecular complexity index is 202. The number of carbonyl (C=O) groups is 1. The number of nitrogens with one attached hydrogen (secondary N) is 1. The first kappa shape index (κ1) is 12.5. The Balaban J connectivity index is 2.22. The lowest BCUT2D eigenvalue weighted by Crippen LogP contribution is -2.48. The third-order valence-electron chi connectivity index (χ3n) is 3.38.